The van der Waals surface area contributed by atoms with Gasteiger partial charge in [0.2, 0.25) is 0 Å². The van der Waals surface area contributed by atoms with Gasteiger partial charge in [-0.3, -0.25) is 4.79 Å². The third-order valence-corrected chi connectivity index (χ3v) is 6.17. The van der Waals surface area contributed by atoms with Crippen molar-refractivity contribution in [2.75, 3.05) is 12.4 Å². The number of hydrogen-bond donors (Lipinski definition) is 0. The van der Waals surface area contributed by atoms with E-state index in [0.717, 1.165) is 31.4 Å². The van der Waals surface area contributed by atoms with Crippen molar-refractivity contribution in [2.24, 2.45) is 10.8 Å². The summed E-state index contributed by atoms with van der Waals surface area (Å²) in [6.45, 7) is 6.70. The summed E-state index contributed by atoms with van der Waals surface area (Å²) in [6.07, 6.45) is 26.3. The molecule has 142 valence electrons. The molecule has 0 bridgehead atoms. The van der Waals surface area contributed by atoms with Gasteiger partial charge < -0.3 is 4.74 Å². The number of allylic oxidation sites excluding steroid dienone is 10. The fourth-order valence-corrected chi connectivity index (χ4v) is 4.07. The second kappa shape index (κ2) is 10.0. The first kappa shape index (κ1) is 20.8. The predicted octanol–water partition coefficient (Wildman–Crippen LogP) is 6.03. The quantitative estimate of drug-likeness (QED) is 0.365. The summed E-state index contributed by atoms with van der Waals surface area (Å²) in [5.41, 5.74) is 0.0180. The number of carbonyl (C=O) groups excluding carboxylic acids is 1. The summed E-state index contributed by atoms with van der Waals surface area (Å²) in [5, 5.41) is -0.0859. The van der Waals surface area contributed by atoms with Crippen LogP contribution < -0.4 is 0 Å². The highest BCUT2D eigenvalue weighted by Gasteiger charge is 2.27. The summed E-state index contributed by atoms with van der Waals surface area (Å²) in [4.78, 5) is 12.1. The van der Waals surface area contributed by atoms with Crippen LogP contribution in [0.2, 0.25) is 0 Å². The molecule has 0 aliphatic heterocycles. The first-order valence-corrected chi connectivity index (χ1v) is 10.8. The maximum atomic E-state index is 12.1. The van der Waals surface area contributed by atoms with E-state index in [1.165, 1.54) is 0 Å². The van der Waals surface area contributed by atoms with E-state index in [2.05, 4.69) is 74.6 Å². The van der Waals surface area contributed by atoms with E-state index < -0.39 is 0 Å². The SMILES string of the molecule is CCCSC(C/C=C/CC1(C)C=CC2(C=CCC=C2)C=C1)C(=O)OCC. The van der Waals surface area contributed by atoms with Crippen molar-refractivity contribution in [2.45, 2.75) is 51.7 Å². The molecule has 0 aromatic rings. The van der Waals surface area contributed by atoms with Crippen LogP contribution in [-0.2, 0) is 9.53 Å². The highest BCUT2D eigenvalue weighted by molar-refractivity contribution is 8.00. The highest BCUT2D eigenvalue weighted by atomic mass is 32.2. The van der Waals surface area contributed by atoms with Gasteiger partial charge >= 0.3 is 5.97 Å². The molecular weight excluding hydrogens is 340 g/mol. The molecule has 26 heavy (non-hydrogen) atoms. The van der Waals surface area contributed by atoms with Crippen molar-refractivity contribution in [3.05, 3.63) is 60.8 Å². The van der Waals surface area contributed by atoms with E-state index >= 15 is 0 Å². The fraction of sp³-hybridized carbons (Fsp3) is 0.522. The number of ether oxygens (including phenoxy) is 1. The van der Waals surface area contributed by atoms with Crippen molar-refractivity contribution < 1.29 is 9.53 Å². The second-order valence-corrected chi connectivity index (χ2v) is 8.55. The van der Waals surface area contributed by atoms with Gasteiger partial charge in [-0.1, -0.05) is 74.6 Å². The van der Waals surface area contributed by atoms with Crippen LogP contribution in [0, 0.1) is 10.8 Å². The molecule has 0 aromatic heterocycles. The Morgan fingerprint density at radius 2 is 1.81 bits per heavy atom. The highest BCUT2D eigenvalue weighted by Crippen LogP contribution is 2.39. The largest absolute Gasteiger partial charge is 0.465 e. The van der Waals surface area contributed by atoms with Crippen LogP contribution >= 0.6 is 11.8 Å². The molecule has 3 heteroatoms. The molecule has 0 saturated carbocycles. The molecular formula is C23H32O2S. The van der Waals surface area contributed by atoms with Crippen molar-refractivity contribution >= 4 is 17.7 Å². The minimum Gasteiger partial charge on any atom is -0.465 e. The van der Waals surface area contributed by atoms with Crippen molar-refractivity contribution in [3.8, 4) is 0 Å². The average Bonchev–Trinajstić information content (AvgIpc) is 2.65. The molecule has 0 aromatic carbocycles. The Morgan fingerprint density at radius 3 is 2.42 bits per heavy atom. The van der Waals surface area contributed by atoms with Gasteiger partial charge in [-0.2, -0.15) is 0 Å². The zero-order valence-corrected chi connectivity index (χ0v) is 17.1. The Balaban J connectivity index is 1.88. The van der Waals surface area contributed by atoms with Gasteiger partial charge in [-0.05, 0) is 38.4 Å². The lowest BCUT2D eigenvalue weighted by atomic mass is 9.73. The third-order valence-electron chi connectivity index (χ3n) is 4.74. The lowest BCUT2D eigenvalue weighted by molar-refractivity contribution is -0.142. The van der Waals surface area contributed by atoms with Crippen LogP contribution in [0.5, 0.6) is 0 Å². The van der Waals surface area contributed by atoms with Crippen LogP contribution in [-0.4, -0.2) is 23.6 Å². The zero-order valence-electron chi connectivity index (χ0n) is 16.3. The number of thioether (sulfide) groups is 1. The van der Waals surface area contributed by atoms with Gasteiger partial charge in [-0.25, -0.2) is 0 Å². The molecule has 2 rings (SSSR count). The van der Waals surface area contributed by atoms with E-state index in [1.54, 1.807) is 11.8 Å². The van der Waals surface area contributed by atoms with Gasteiger partial charge in [0.15, 0.2) is 0 Å². The van der Waals surface area contributed by atoms with Gasteiger partial charge in [0.05, 0.1) is 6.61 Å². The lowest BCUT2D eigenvalue weighted by Crippen LogP contribution is -2.21. The van der Waals surface area contributed by atoms with Crippen molar-refractivity contribution in [1.82, 2.24) is 0 Å². The maximum Gasteiger partial charge on any atom is 0.319 e. The lowest BCUT2D eigenvalue weighted by Gasteiger charge is -2.31. The van der Waals surface area contributed by atoms with Crippen molar-refractivity contribution in [3.63, 3.8) is 0 Å². The summed E-state index contributed by atoms with van der Waals surface area (Å²) >= 11 is 1.70. The molecule has 1 unspecified atom stereocenters. The van der Waals surface area contributed by atoms with Gasteiger partial charge in [0.1, 0.15) is 5.25 Å². The fourth-order valence-electron chi connectivity index (χ4n) is 3.10. The minimum absolute atomic E-state index is 0.0206. The third kappa shape index (κ3) is 6.05. The van der Waals surface area contributed by atoms with Crippen LogP contribution in [0.25, 0.3) is 0 Å². The number of esters is 1. The minimum atomic E-state index is -0.0860. The van der Waals surface area contributed by atoms with Gasteiger partial charge in [0.25, 0.3) is 0 Å². The Kier molecular flexibility index (Phi) is 8.02. The first-order chi connectivity index (χ1) is 12.5. The molecule has 0 saturated heterocycles. The second-order valence-electron chi connectivity index (χ2n) is 7.24. The topological polar surface area (TPSA) is 26.3 Å². The number of carbonyl (C=O) groups is 1. The summed E-state index contributed by atoms with van der Waals surface area (Å²) in [6, 6.07) is 0. The Bertz CT molecular complexity index is 582. The Morgan fingerprint density at radius 1 is 1.12 bits per heavy atom. The van der Waals surface area contributed by atoms with E-state index in [-0.39, 0.29) is 22.0 Å². The molecule has 0 amide bonds. The van der Waals surface area contributed by atoms with Crippen LogP contribution in [0.1, 0.15) is 46.5 Å². The predicted molar refractivity (Wildman–Crippen MR) is 113 cm³/mol. The van der Waals surface area contributed by atoms with E-state index in [0.29, 0.717) is 6.61 Å². The first-order valence-electron chi connectivity index (χ1n) is 9.72. The molecule has 2 aliphatic rings. The Labute approximate surface area is 163 Å². The van der Waals surface area contributed by atoms with E-state index in [4.69, 9.17) is 4.74 Å². The molecule has 2 nitrogen and oxygen atoms in total. The number of rotatable bonds is 9. The van der Waals surface area contributed by atoms with E-state index in [1.807, 2.05) is 6.92 Å². The van der Waals surface area contributed by atoms with Crippen LogP contribution in [0.3, 0.4) is 0 Å². The van der Waals surface area contributed by atoms with Gasteiger partial charge in [-0.15, -0.1) is 11.8 Å². The van der Waals surface area contributed by atoms with E-state index in [9.17, 15) is 4.79 Å². The molecule has 0 fully saturated rings. The summed E-state index contributed by atoms with van der Waals surface area (Å²) in [7, 11) is 0. The molecule has 2 aliphatic carbocycles. The molecule has 0 N–H and O–H groups in total. The molecule has 1 atom stereocenters. The molecule has 0 heterocycles. The standard InChI is InChI=1S/C23H32O2S/c1-4-19-26-20(21(24)25-5-2)11-7-10-12-22(3)15-17-23(18-16-22)13-8-6-9-14-23/h7-10,13-18,20H,4-6,11-12,19H2,1-3H3/b10-7+. The maximum absolute atomic E-state index is 12.1. The average molecular weight is 373 g/mol. The Hall–Kier alpha value is -1.48. The van der Waals surface area contributed by atoms with Crippen LogP contribution in [0.15, 0.2) is 60.8 Å². The summed E-state index contributed by atoms with van der Waals surface area (Å²) in [5.74, 6) is 0.904. The molecule has 0 radical (unpaired) electrons. The smallest absolute Gasteiger partial charge is 0.319 e. The summed E-state index contributed by atoms with van der Waals surface area (Å²) < 4.78 is 5.20. The van der Waals surface area contributed by atoms with Gasteiger partial charge in [0, 0.05) is 10.8 Å². The van der Waals surface area contributed by atoms with Crippen LogP contribution in [0.4, 0.5) is 0 Å². The van der Waals surface area contributed by atoms with Crippen molar-refractivity contribution in [1.29, 1.82) is 0 Å². The normalized spacial score (nSPS) is 20.7. The zero-order chi connectivity index (χ0) is 18.9. The number of hydrogen-bond acceptors (Lipinski definition) is 3. The monoisotopic (exact) mass is 372 g/mol. The molecule has 1 spiro atoms.